The van der Waals surface area contributed by atoms with E-state index in [9.17, 15) is 0 Å². The van der Waals surface area contributed by atoms with Crippen LogP contribution in [0.3, 0.4) is 0 Å². The van der Waals surface area contributed by atoms with Gasteiger partial charge in [0.05, 0.1) is 61.3 Å². The summed E-state index contributed by atoms with van der Waals surface area (Å²) in [4.78, 5) is 34.9. The van der Waals surface area contributed by atoms with Gasteiger partial charge < -0.3 is 18.1 Å². The van der Waals surface area contributed by atoms with Crippen LogP contribution in [-0.2, 0) is 5.41 Å². The number of para-hydroxylation sites is 4. The number of fused-ring (bicyclic) bond motifs is 19. The summed E-state index contributed by atoms with van der Waals surface area (Å²) >= 11 is 1.85. The van der Waals surface area contributed by atoms with E-state index in [1.54, 1.807) is 0 Å². The van der Waals surface area contributed by atoms with Crippen LogP contribution < -0.4 is 0 Å². The van der Waals surface area contributed by atoms with E-state index in [2.05, 4.69) is 392 Å². The van der Waals surface area contributed by atoms with E-state index in [1.165, 1.54) is 103 Å². The zero-order chi connectivity index (χ0) is 92.9. The zero-order valence-corrected chi connectivity index (χ0v) is 77.1. The summed E-state index contributed by atoms with van der Waals surface area (Å²) in [5, 5.41) is 12.3. The van der Waals surface area contributed by atoms with E-state index < -0.39 is 0 Å². The summed E-state index contributed by atoms with van der Waals surface area (Å²) in [5.41, 5.74) is 32.6. The molecule has 0 aliphatic heterocycles. The number of rotatable bonds is 13. The normalized spacial score (nSPS) is 12.1. The minimum atomic E-state index is -0.0438. The fraction of sp³-hybridized carbons (Fsp3) is 0.0234. The molecule has 0 radical (unpaired) electrons. The maximum Gasteiger partial charge on any atom is 0.164 e. The first-order valence-electron chi connectivity index (χ1n) is 47.3. The number of hydrogen-bond acceptors (Lipinski definition) is 9. The van der Waals surface area contributed by atoms with E-state index in [0.717, 1.165) is 128 Å². The molecule has 0 N–H and O–H groups in total. The fourth-order valence-electron chi connectivity index (χ4n) is 20.7. The lowest BCUT2D eigenvalue weighted by molar-refractivity contribution is 0.661. The van der Waals surface area contributed by atoms with Gasteiger partial charge in [-0.15, -0.1) is 11.3 Å². The Labute approximate surface area is 810 Å². The monoisotopic (exact) mass is 1810 g/mol. The van der Waals surface area contributed by atoms with Crippen LogP contribution in [0.15, 0.2) is 478 Å². The Morgan fingerprint density at radius 3 is 1.06 bits per heavy atom. The summed E-state index contributed by atoms with van der Waals surface area (Å²) in [6.07, 6.45) is 0. The van der Waals surface area contributed by atoms with Crippen molar-refractivity contribution >= 4 is 119 Å². The third-order valence-electron chi connectivity index (χ3n) is 27.5. The van der Waals surface area contributed by atoms with Crippen molar-refractivity contribution in [3.8, 4) is 141 Å². The summed E-state index contributed by atoms with van der Waals surface area (Å²) in [6, 6.07) is 166. The van der Waals surface area contributed by atoms with Crippen molar-refractivity contribution in [1.29, 1.82) is 0 Å². The highest BCUT2D eigenvalue weighted by Gasteiger charge is 2.37. The molecule has 0 saturated carbocycles. The van der Waals surface area contributed by atoms with Gasteiger partial charge >= 0.3 is 0 Å². The van der Waals surface area contributed by atoms with Crippen molar-refractivity contribution in [3.05, 3.63) is 484 Å². The van der Waals surface area contributed by atoms with E-state index in [1.807, 2.05) is 121 Å². The van der Waals surface area contributed by atoms with Gasteiger partial charge in [-0.25, -0.2) is 34.9 Å². The summed E-state index contributed by atoms with van der Waals surface area (Å²) in [7, 11) is 0. The first kappa shape index (κ1) is 82.4. The molecular weight excluding hydrogens is 1730 g/mol. The van der Waals surface area contributed by atoms with E-state index >= 15 is 0 Å². The molecule has 0 fully saturated rings. The average Bonchev–Trinajstić information content (AvgIpc) is 1.55. The maximum atomic E-state index is 6.50. The van der Waals surface area contributed by atoms with Crippen LogP contribution in [0.4, 0.5) is 0 Å². The predicted molar refractivity (Wildman–Crippen MR) is 579 cm³/mol. The Morgan fingerprint density at radius 1 is 0.207 bits per heavy atom. The van der Waals surface area contributed by atoms with Crippen LogP contribution in [0.2, 0.25) is 0 Å². The molecular formula is C128H84N10OS. The molecule has 0 amide bonds. The van der Waals surface area contributed by atoms with Gasteiger partial charge in [-0.05, 0) is 173 Å². The molecule has 11 nitrogen and oxygen atoms in total. The molecule has 0 bridgehead atoms. The zero-order valence-electron chi connectivity index (χ0n) is 76.3. The maximum absolute atomic E-state index is 6.50. The minimum Gasteiger partial charge on any atom is -0.455 e. The number of aromatic nitrogens is 10. The Balaban J connectivity index is 0.000000108. The average molecular weight is 1810 g/mol. The molecule has 1 aliphatic carbocycles. The molecule has 28 rings (SSSR count). The minimum absolute atomic E-state index is 0.0438. The van der Waals surface area contributed by atoms with Gasteiger partial charge in [-0.1, -0.05) is 347 Å². The van der Waals surface area contributed by atoms with Crippen molar-refractivity contribution in [2.24, 2.45) is 0 Å². The van der Waals surface area contributed by atoms with Crippen molar-refractivity contribution in [3.63, 3.8) is 0 Å². The molecule has 12 heteroatoms. The molecule has 8 heterocycles. The fourth-order valence-corrected chi connectivity index (χ4v) is 21.8. The second-order valence-electron chi connectivity index (χ2n) is 36.2. The van der Waals surface area contributed by atoms with Gasteiger partial charge in [-0.2, -0.15) is 0 Å². The second-order valence-corrected chi connectivity index (χ2v) is 37.3. The SMILES string of the molecule is CC1(C)c2ccccc2-c2cc3c(cc21)c1ccccc1n3-c1ccc(-c2nc(-c3ccccc3)cc(-c3ccccc3)n2)cc1.c1ccc(-c2ccc(-c3cc(-c4ccc(-n5c6ccccc6c6c7oc8ccccc8c7ccc65)cc4)nc(-c4ccccc4)n3)cc2)cc1.c1ccc(-c2nc(-c3ccccc3)nc(-c3ccc(-n4c5ccccc5c5cc6c(cc54)sc4ccccc46)cc3)n2)cc1. The number of benzene rings is 19. The summed E-state index contributed by atoms with van der Waals surface area (Å²) < 4.78 is 16.2. The van der Waals surface area contributed by atoms with Crippen molar-refractivity contribution in [2.75, 3.05) is 0 Å². The third-order valence-corrected chi connectivity index (χ3v) is 28.7. The molecule has 8 aromatic heterocycles. The summed E-state index contributed by atoms with van der Waals surface area (Å²) in [6.45, 7) is 4.69. The van der Waals surface area contributed by atoms with Crippen LogP contribution in [0.5, 0.6) is 0 Å². The Bertz CT molecular complexity index is 9350. The van der Waals surface area contributed by atoms with Gasteiger partial charge in [0.2, 0.25) is 0 Å². The molecule has 0 unspecified atom stereocenters. The van der Waals surface area contributed by atoms with Gasteiger partial charge in [0.25, 0.3) is 0 Å². The van der Waals surface area contributed by atoms with Crippen LogP contribution >= 0.6 is 11.3 Å². The van der Waals surface area contributed by atoms with Crippen LogP contribution in [-0.4, -0.2) is 48.6 Å². The second kappa shape index (κ2) is 34.3. The molecule has 140 heavy (non-hydrogen) atoms. The Morgan fingerprint density at radius 2 is 0.557 bits per heavy atom. The number of furan rings is 1. The van der Waals surface area contributed by atoms with Crippen LogP contribution in [0.25, 0.3) is 249 Å². The number of thiophene rings is 1. The van der Waals surface area contributed by atoms with Crippen molar-refractivity contribution in [2.45, 2.75) is 19.3 Å². The molecule has 0 saturated heterocycles. The molecule has 658 valence electrons. The first-order chi connectivity index (χ1) is 69.1. The first-order valence-corrected chi connectivity index (χ1v) is 48.1. The molecule has 0 atom stereocenters. The quantitative estimate of drug-likeness (QED) is 0.112. The van der Waals surface area contributed by atoms with E-state index in [-0.39, 0.29) is 5.41 Å². The molecule has 1 aliphatic rings. The number of nitrogens with zero attached hydrogens (tertiary/aromatic N) is 10. The van der Waals surface area contributed by atoms with E-state index in [0.29, 0.717) is 29.1 Å². The van der Waals surface area contributed by atoms with Gasteiger partial charge in [0, 0.05) is 130 Å². The van der Waals surface area contributed by atoms with Crippen LogP contribution in [0, 0.1) is 0 Å². The van der Waals surface area contributed by atoms with Crippen LogP contribution in [0.1, 0.15) is 25.0 Å². The van der Waals surface area contributed by atoms with Crippen molar-refractivity contribution in [1.82, 2.24) is 48.6 Å². The van der Waals surface area contributed by atoms with E-state index in [4.69, 9.17) is 39.3 Å². The molecule has 0 spiro atoms. The third kappa shape index (κ3) is 14.5. The topological polar surface area (TPSA) is 118 Å². The molecule has 27 aromatic rings. The highest BCUT2D eigenvalue weighted by molar-refractivity contribution is 7.25. The number of hydrogen-bond donors (Lipinski definition) is 0. The Kier molecular flexibility index (Phi) is 20.2. The lowest BCUT2D eigenvalue weighted by atomic mass is 9.82. The molecule has 19 aromatic carbocycles. The highest BCUT2D eigenvalue weighted by Crippen LogP contribution is 2.52. The van der Waals surface area contributed by atoms with Gasteiger partial charge in [0.1, 0.15) is 11.2 Å². The smallest absolute Gasteiger partial charge is 0.164 e. The Hall–Kier alpha value is -18.2. The summed E-state index contributed by atoms with van der Waals surface area (Å²) in [5.74, 6) is 3.39. The lowest BCUT2D eigenvalue weighted by Crippen LogP contribution is -2.14. The lowest BCUT2D eigenvalue weighted by Gasteiger charge is -2.21. The predicted octanol–water partition coefficient (Wildman–Crippen LogP) is 33.4. The largest absolute Gasteiger partial charge is 0.455 e. The van der Waals surface area contributed by atoms with Gasteiger partial charge in [-0.3, -0.25) is 0 Å². The van der Waals surface area contributed by atoms with Gasteiger partial charge in [0.15, 0.2) is 29.1 Å². The highest BCUT2D eigenvalue weighted by atomic mass is 32.1. The standard InChI is InChI=1S/C46H29N3O.C43H31N3.C39H24N4S/c1-3-11-30(12-4-1)31-19-21-32(22-20-31)39-29-40(48-46(47-39)34-13-5-2-6-14-34)33-23-25-35(26-24-33)49-41-17-9-7-16-38(41)44-42(49)28-27-37-36-15-8-10-18-43(36)50-45(37)44;1-43(2)36-19-11-9-17-32(36)34-26-41-35(25-37(34)43)33-18-10-12-20-40(33)46(41)31-23-21-30(22-24-31)42-44-38(28-13-5-3-6-14-28)27-39(45-42)29-15-7-4-8-16-29;1-3-11-25(12-4-1)37-40-38(26-13-5-2-6-14-26)42-39(41-37)27-19-21-28(22-20-27)43-33-17-9-7-15-29(33)31-23-32-30-16-8-10-18-35(30)44-36(32)24-34(31)43/h1-29H;3-27H,1-2H3;1-24H. The van der Waals surface area contributed by atoms with Crippen molar-refractivity contribution < 1.29 is 4.42 Å².